The molecule has 37 heavy (non-hydrogen) atoms. The molecule has 0 saturated carbocycles. The topological polar surface area (TPSA) is 75.7 Å². The molecule has 0 radical (unpaired) electrons. The summed E-state index contributed by atoms with van der Waals surface area (Å²) < 4.78 is 6.92. The smallest absolute Gasteiger partial charge is 0.335 e. The predicted octanol–water partition coefficient (Wildman–Crippen LogP) is 6.46. The van der Waals surface area contributed by atoms with Gasteiger partial charge in [0.15, 0.2) is 0 Å². The van der Waals surface area contributed by atoms with Crippen molar-refractivity contribution < 1.29 is 19.1 Å². The van der Waals surface area contributed by atoms with Crippen LogP contribution >= 0.6 is 15.9 Å². The molecule has 0 atom stereocenters. The number of nitrogens with zero attached hydrogens (tertiary/aromatic N) is 1. The molecule has 7 heteroatoms. The Morgan fingerprint density at radius 3 is 2.49 bits per heavy atom. The number of aryl methyl sites for hydroxylation is 2. The maximum Gasteiger partial charge on any atom is 0.335 e. The summed E-state index contributed by atoms with van der Waals surface area (Å²) in [6.45, 7) is 4.14. The lowest BCUT2D eigenvalue weighted by atomic mass is 10.0. The highest BCUT2D eigenvalue weighted by Crippen LogP contribution is 2.30. The van der Waals surface area contributed by atoms with E-state index in [2.05, 4.69) is 21.2 Å². The average molecular weight is 555 g/mol. The lowest BCUT2D eigenvalue weighted by Crippen LogP contribution is -2.54. The molecule has 0 bridgehead atoms. The Morgan fingerprint density at radius 1 is 0.892 bits per heavy atom. The number of carbonyl (C=O) groups excluding carboxylic acids is 3. The average Bonchev–Trinajstić information content (AvgIpc) is 2.88. The lowest BCUT2D eigenvalue weighted by molar-refractivity contribution is -0.122. The maximum absolute atomic E-state index is 13.4. The molecule has 0 aliphatic carbocycles. The van der Waals surface area contributed by atoms with Crippen molar-refractivity contribution in [2.75, 3.05) is 4.90 Å². The third-order valence-electron chi connectivity index (χ3n) is 6.39. The molecule has 184 valence electrons. The summed E-state index contributed by atoms with van der Waals surface area (Å²) in [6, 6.07) is 24.0. The van der Waals surface area contributed by atoms with E-state index in [9.17, 15) is 14.4 Å². The first kappa shape index (κ1) is 24.5. The molecule has 4 aromatic rings. The monoisotopic (exact) mass is 554 g/mol. The minimum atomic E-state index is -0.780. The molecule has 5 rings (SSSR count). The molecule has 4 amide bonds. The molecule has 0 spiro atoms. The summed E-state index contributed by atoms with van der Waals surface area (Å²) in [5, 5.41) is 4.48. The van der Waals surface area contributed by atoms with Crippen molar-refractivity contribution in [2.24, 2.45) is 0 Å². The maximum atomic E-state index is 13.4. The number of benzene rings is 4. The van der Waals surface area contributed by atoms with Gasteiger partial charge in [-0.3, -0.25) is 14.9 Å². The number of halogens is 1. The van der Waals surface area contributed by atoms with Gasteiger partial charge in [-0.2, -0.15) is 0 Å². The Hall–Kier alpha value is -4.23. The number of hydrogen-bond donors (Lipinski definition) is 1. The van der Waals surface area contributed by atoms with Crippen molar-refractivity contribution in [1.29, 1.82) is 0 Å². The minimum absolute atomic E-state index is 0.161. The van der Waals surface area contributed by atoms with E-state index in [4.69, 9.17) is 4.74 Å². The summed E-state index contributed by atoms with van der Waals surface area (Å²) in [6.07, 6.45) is 1.46. The van der Waals surface area contributed by atoms with Gasteiger partial charge in [0.2, 0.25) is 0 Å². The van der Waals surface area contributed by atoms with E-state index >= 15 is 0 Å². The van der Waals surface area contributed by atoms with Crippen molar-refractivity contribution in [3.63, 3.8) is 0 Å². The quantitative estimate of drug-likeness (QED) is 0.227. The molecule has 1 aliphatic rings. The molecule has 1 N–H and O–H groups in total. The van der Waals surface area contributed by atoms with Crippen LogP contribution in [0.25, 0.3) is 16.8 Å². The van der Waals surface area contributed by atoms with Crippen molar-refractivity contribution in [1.82, 2.24) is 5.32 Å². The first-order valence-electron chi connectivity index (χ1n) is 11.7. The molecule has 0 unspecified atom stereocenters. The van der Waals surface area contributed by atoms with E-state index in [0.29, 0.717) is 23.6 Å². The van der Waals surface area contributed by atoms with Crippen LogP contribution < -0.4 is 15.0 Å². The Bertz CT molecular complexity index is 1600. The molecular formula is C30H23BrN2O4. The first-order chi connectivity index (χ1) is 17.8. The zero-order chi connectivity index (χ0) is 26.1. The number of anilines is 1. The van der Waals surface area contributed by atoms with Gasteiger partial charge >= 0.3 is 6.03 Å². The summed E-state index contributed by atoms with van der Waals surface area (Å²) >= 11 is 3.46. The minimum Gasteiger partial charge on any atom is -0.488 e. The molecule has 1 heterocycles. The number of amides is 4. The predicted molar refractivity (Wildman–Crippen MR) is 147 cm³/mol. The van der Waals surface area contributed by atoms with E-state index in [1.54, 1.807) is 24.3 Å². The number of urea groups is 1. The zero-order valence-corrected chi connectivity index (χ0v) is 21.8. The standard InChI is InChI=1S/C30H23BrN2O4/c1-18-10-12-24(14-19(18)2)33-29(35)26(28(34)32-30(33)36)16-22-15-23(31)11-13-27(22)37-17-21-8-5-7-20-6-3-4-9-25(20)21/h3-16H,17H2,1-2H3,(H,32,34,36)/b26-16+. The summed E-state index contributed by atoms with van der Waals surface area (Å²) in [4.78, 5) is 39.7. The van der Waals surface area contributed by atoms with E-state index < -0.39 is 17.8 Å². The second-order valence-electron chi connectivity index (χ2n) is 8.84. The van der Waals surface area contributed by atoms with Gasteiger partial charge in [0.1, 0.15) is 17.9 Å². The molecular weight excluding hydrogens is 532 g/mol. The third kappa shape index (κ3) is 4.90. The highest BCUT2D eigenvalue weighted by molar-refractivity contribution is 9.10. The molecule has 1 saturated heterocycles. The van der Waals surface area contributed by atoms with Crippen LogP contribution in [-0.4, -0.2) is 17.8 Å². The van der Waals surface area contributed by atoms with E-state index in [1.165, 1.54) is 6.08 Å². The highest BCUT2D eigenvalue weighted by Gasteiger charge is 2.37. The number of carbonyl (C=O) groups is 3. The Kier molecular flexibility index (Phi) is 6.63. The number of imide groups is 2. The molecule has 6 nitrogen and oxygen atoms in total. The fourth-order valence-electron chi connectivity index (χ4n) is 4.25. The SMILES string of the molecule is Cc1ccc(N2C(=O)NC(=O)/C(=C\c3cc(Br)ccc3OCc3cccc4ccccc34)C2=O)cc1C. The van der Waals surface area contributed by atoms with Crippen molar-refractivity contribution >= 4 is 56.3 Å². The van der Waals surface area contributed by atoms with Crippen LogP contribution in [0.4, 0.5) is 10.5 Å². The number of ether oxygens (including phenoxy) is 1. The van der Waals surface area contributed by atoms with Crippen LogP contribution in [0.3, 0.4) is 0 Å². The first-order valence-corrected chi connectivity index (χ1v) is 12.5. The Morgan fingerprint density at radius 2 is 1.68 bits per heavy atom. The zero-order valence-electron chi connectivity index (χ0n) is 20.2. The van der Waals surface area contributed by atoms with E-state index in [-0.39, 0.29) is 5.57 Å². The number of nitrogens with one attached hydrogen (secondary N) is 1. The Labute approximate surface area is 222 Å². The molecule has 0 aromatic heterocycles. The van der Waals surface area contributed by atoms with Crippen molar-refractivity contribution in [3.05, 3.63) is 111 Å². The van der Waals surface area contributed by atoms with E-state index in [0.717, 1.165) is 36.8 Å². The highest BCUT2D eigenvalue weighted by atomic mass is 79.9. The van der Waals surface area contributed by atoms with Gasteiger partial charge < -0.3 is 4.74 Å². The second kappa shape index (κ2) is 10.0. The van der Waals surface area contributed by atoms with Crippen LogP contribution in [0.15, 0.2) is 88.9 Å². The van der Waals surface area contributed by atoms with Gasteiger partial charge in [-0.25, -0.2) is 9.69 Å². The Balaban J connectivity index is 1.49. The normalized spacial score (nSPS) is 14.8. The van der Waals surface area contributed by atoms with Crippen LogP contribution in [-0.2, 0) is 16.2 Å². The third-order valence-corrected chi connectivity index (χ3v) is 6.88. The van der Waals surface area contributed by atoms with Gasteiger partial charge in [-0.05, 0) is 77.7 Å². The summed E-state index contributed by atoms with van der Waals surface area (Å²) in [5.74, 6) is -0.953. The van der Waals surface area contributed by atoms with Gasteiger partial charge in [0.05, 0.1) is 5.69 Å². The van der Waals surface area contributed by atoms with Gasteiger partial charge in [0.25, 0.3) is 11.8 Å². The summed E-state index contributed by atoms with van der Waals surface area (Å²) in [5.41, 5.74) is 3.73. The van der Waals surface area contributed by atoms with Crippen LogP contribution in [0, 0.1) is 13.8 Å². The molecule has 1 fully saturated rings. The largest absolute Gasteiger partial charge is 0.488 e. The van der Waals surface area contributed by atoms with Gasteiger partial charge in [-0.1, -0.05) is 64.5 Å². The summed E-state index contributed by atoms with van der Waals surface area (Å²) in [7, 11) is 0. The van der Waals surface area contributed by atoms with Crippen molar-refractivity contribution in [2.45, 2.75) is 20.5 Å². The fourth-order valence-corrected chi connectivity index (χ4v) is 4.63. The number of hydrogen-bond acceptors (Lipinski definition) is 4. The number of barbiturate groups is 1. The van der Waals surface area contributed by atoms with Crippen molar-refractivity contribution in [3.8, 4) is 5.75 Å². The molecule has 4 aromatic carbocycles. The number of rotatable bonds is 5. The van der Waals surface area contributed by atoms with E-state index in [1.807, 2.05) is 68.4 Å². The van der Waals surface area contributed by atoms with Gasteiger partial charge in [-0.15, -0.1) is 0 Å². The van der Waals surface area contributed by atoms with Gasteiger partial charge in [0, 0.05) is 10.0 Å². The van der Waals surface area contributed by atoms with Crippen LogP contribution in [0.2, 0.25) is 0 Å². The number of fused-ring (bicyclic) bond motifs is 1. The fraction of sp³-hybridized carbons (Fsp3) is 0.100. The van der Waals surface area contributed by atoms with Crippen LogP contribution in [0.5, 0.6) is 5.75 Å². The second-order valence-corrected chi connectivity index (χ2v) is 9.75. The lowest BCUT2D eigenvalue weighted by Gasteiger charge is -2.27. The van der Waals surface area contributed by atoms with Crippen LogP contribution in [0.1, 0.15) is 22.3 Å². The molecule has 1 aliphatic heterocycles.